The summed E-state index contributed by atoms with van der Waals surface area (Å²) in [4.78, 5) is 11.2. The number of fused-ring (bicyclic) bond motifs is 1. The Kier molecular flexibility index (Phi) is 4.82. The van der Waals surface area contributed by atoms with E-state index in [-0.39, 0.29) is 18.0 Å². The van der Waals surface area contributed by atoms with Crippen LogP contribution in [0.25, 0.3) is 11.0 Å². The van der Waals surface area contributed by atoms with Crippen molar-refractivity contribution in [2.45, 2.75) is 32.1 Å². The van der Waals surface area contributed by atoms with Crippen LogP contribution in [0.15, 0.2) is 28.8 Å². The van der Waals surface area contributed by atoms with Crippen LogP contribution in [0.1, 0.15) is 26.0 Å². The SMILES string of the molecule is CC(C)CC(NS(=O)(=O)Cc1noc2ccccc12)C(=O)O. The number of carbonyl (C=O) groups is 1. The number of hydrogen-bond donors (Lipinski definition) is 2. The number of aromatic nitrogens is 1. The predicted octanol–water partition coefficient (Wildman–Crippen LogP) is 1.75. The van der Waals surface area contributed by atoms with Gasteiger partial charge in [0.2, 0.25) is 10.0 Å². The van der Waals surface area contributed by atoms with Gasteiger partial charge < -0.3 is 9.63 Å². The zero-order valence-corrected chi connectivity index (χ0v) is 13.1. The average Bonchev–Trinajstić information content (AvgIpc) is 2.80. The fraction of sp³-hybridized carbons (Fsp3) is 0.429. The van der Waals surface area contributed by atoms with Crippen molar-refractivity contribution < 1.29 is 22.8 Å². The summed E-state index contributed by atoms with van der Waals surface area (Å²) in [5.74, 6) is -1.56. The summed E-state index contributed by atoms with van der Waals surface area (Å²) < 4.78 is 31.6. The number of sulfonamides is 1. The second-order valence-electron chi connectivity index (χ2n) is 5.52. The normalized spacial score (nSPS) is 13.6. The van der Waals surface area contributed by atoms with Crippen LogP contribution >= 0.6 is 0 Å². The molecule has 0 saturated carbocycles. The number of carboxylic acids is 1. The highest BCUT2D eigenvalue weighted by atomic mass is 32.2. The van der Waals surface area contributed by atoms with Gasteiger partial charge in [0.1, 0.15) is 17.5 Å². The quantitative estimate of drug-likeness (QED) is 0.802. The fourth-order valence-electron chi connectivity index (χ4n) is 2.15. The lowest BCUT2D eigenvalue weighted by atomic mass is 10.1. The van der Waals surface area contributed by atoms with Gasteiger partial charge in [0, 0.05) is 5.39 Å². The van der Waals surface area contributed by atoms with E-state index in [1.54, 1.807) is 24.3 Å². The molecule has 0 fully saturated rings. The highest BCUT2D eigenvalue weighted by molar-refractivity contribution is 7.88. The largest absolute Gasteiger partial charge is 0.480 e. The molecule has 120 valence electrons. The molecule has 0 spiro atoms. The van der Waals surface area contributed by atoms with Crippen molar-refractivity contribution in [2.75, 3.05) is 0 Å². The van der Waals surface area contributed by atoms with E-state index in [0.29, 0.717) is 11.0 Å². The number of nitrogens with one attached hydrogen (secondary N) is 1. The first-order valence-electron chi connectivity index (χ1n) is 6.84. The van der Waals surface area contributed by atoms with E-state index in [1.165, 1.54) is 0 Å². The summed E-state index contributed by atoms with van der Waals surface area (Å²) in [6, 6.07) is 5.75. The van der Waals surface area contributed by atoms with Gasteiger partial charge in [0.05, 0.1) is 0 Å². The molecule has 0 saturated heterocycles. The first-order chi connectivity index (χ1) is 10.3. The maximum Gasteiger partial charge on any atom is 0.321 e. The van der Waals surface area contributed by atoms with Gasteiger partial charge in [-0.15, -0.1) is 0 Å². The standard InChI is InChI=1S/C14H18N2O5S/c1-9(2)7-11(14(17)18)16-22(19,20)8-12-10-5-3-4-6-13(10)21-15-12/h3-6,9,11,16H,7-8H2,1-2H3,(H,17,18). The van der Waals surface area contributed by atoms with Crippen LogP contribution in [0.4, 0.5) is 0 Å². The van der Waals surface area contributed by atoms with Gasteiger partial charge in [0.15, 0.2) is 5.58 Å². The van der Waals surface area contributed by atoms with Crippen molar-refractivity contribution >= 4 is 27.0 Å². The number of hydrogen-bond acceptors (Lipinski definition) is 5. The van der Waals surface area contributed by atoms with Crippen LogP contribution in [0.3, 0.4) is 0 Å². The minimum absolute atomic E-state index is 0.0525. The van der Waals surface area contributed by atoms with Crippen LogP contribution < -0.4 is 4.72 Å². The third-order valence-electron chi connectivity index (χ3n) is 3.11. The molecule has 0 bridgehead atoms. The summed E-state index contributed by atoms with van der Waals surface area (Å²) in [7, 11) is -3.84. The molecule has 1 heterocycles. The molecule has 0 aliphatic carbocycles. The van der Waals surface area contributed by atoms with Crippen LogP contribution in [-0.2, 0) is 20.6 Å². The lowest BCUT2D eigenvalue weighted by Crippen LogP contribution is -2.42. The number of rotatable bonds is 7. The zero-order valence-electron chi connectivity index (χ0n) is 12.3. The maximum atomic E-state index is 12.2. The Labute approximate surface area is 128 Å². The van der Waals surface area contributed by atoms with Crippen LogP contribution in [-0.4, -0.2) is 30.7 Å². The van der Waals surface area contributed by atoms with Gasteiger partial charge in [-0.25, -0.2) is 13.1 Å². The van der Waals surface area contributed by atoms with Gasteiger partial charge >= 0.3 is 5.97 Å². The Hall–Kier alpha value is -1.93. The van der Waals surface area contributed by atoms with E-state index in [9.17, 15) is 13.2 Å². The van der Waals surface area contributed by atoms with Gasteiger partial charge in [-0.1, -0.05) is 31.1 Å². The van der Waals surface area contributed by atoms with E-state index in [1.807, 2.05) is 13.8 Å². The molecule has 2 rings (SSSR count). The highest BCUT2D eigenvalue weighted by Crippen LogP contribution is 2.19. The Balaban J connectivity index is 2.18. The van der Waals surface area contributed by atoms with Crippen molar-refractivity contribution in [3.05, 3.63) is 30.0 Å². The molecule has 7 nitrogen and oxygen atoms in total. The first-order valence-corrected chi connectivity index (χ1v) is 8.50. The smallest absolute Gasteiger partial charge is 0.321 e. The lowest BCUT2D eigenvalue weighted by molar-refractivity contribution is -0.139. The molecule has 0 radical (unpaired) electrons. The Morgan fingerprint density at radius 2 is 2.05 bits per heavy atom. The van der Waals surface area contributed by atoms with Crippen molar-refractivity contribution in [3.8, 4) is 0 Å². The molecule has 0 amide bonds. The molecule has 1 aromatic carbocycles. The van der Waals surface area contributed by atoms with Gasteiger partial charge in [-0.2, -0.15) is 0 Å². The molecule has 2 N–H and O–H groups in total. The van der Waals surface area contributed by atoms with Crippen molar-refractivity contribution in [2.24, 2.45) is 5.92 Å². The minimum Gasteiger partial charge on any atom is -0.480 e. The van der Waals surface area contributed by atoms with Crippen LogP contribution in [0.5, 0.6) is 0 Å². The average molecular weight is 326 g/mol. The summed E-state index contributed by atoms with van der Waals surface area (Å²) in [5, 5.41) is 13.5. The lowest BCUT2D eigenvalue weighted by Gasteiger charge is -2.16. The van der Waals surface area contributed by atoms with E-state index in [0.717, 1.165) is 0 Å². The molecular formula is C14H18N2O5S. The number of carboxylic acid groups (broad SMARTS) is 1. The topological polar surface area (TPSA) is 110 Å². The third kappa shape index (κ3) is 4.05. The second-order valence-corrected chi connectivity index (χ2v) is 7.28. The maximum absolute atomic E-state index is 12.2. The zero-order chi connectivity index (χ0) is 16.3. The molecule has 1 aromatic heterocycles. The minimum atomic E-state index is -3.84. The molecule has 2 aromatic rings. The second kappa shape index (κ2) is 6.45. The summed E-state index contributed by atoms with van der Waals surface area (Å²) >= 11 is 0. The Bertz CT molecular complexity index is 766. The number of nitrogens with zero attached hydrogens (tertiary/aromatic N) is 1. The van der Waals surface area contributed by atoms with Crippen molar-refractivity contribution in [3.63, 3.8) is 0 Å². The molecule has 0 aliphatic heterocycles. The molecule has 0 aliphatic rings. The van der Waals surface area contributed by atoms with E-state index >= 15 is 0 Å². The van der Waals surface area contributed by atoms with Crippen molar-refractivity contribution in [1.29, 1.82) is 0 Å². The monoisotopic (exact) mass is 326 g/mol. The van der Waals surface area contributed by atoms with E-state index in [2.05, 4.69) is 9.88 Å². The highest BCUT2D eigenvalue weighted by Gasteiger charge is 2.26. The molecular weight excluding hydrogens is 308 g/mol. The van der Waals surface area contributed by atoms with Crippen LogP contribution in [0, 0.1) is 5.92 Å². The summed E-state index contributed by atoms with van der Waals surface area (Å²) in [6.45, 7) is 3.66. The Morgan fingerprint density at radius 3 is 2.68 bits per heavy atom. The summed E-state index contributed by atoms with van der Waals surface area (Å²) in [6.07, 6.45) is 0.216. The molecule has 8 heteroatoms. The third-order valence-corrected chi connectivity index (χ3v) is 4.40. The molecule has 1 atom stereocenters. The molecule has 1 unspecified atom stereocenters. The number of aliphatic carboxylic acids is 1. The fourth-order valence-corrected chi connectivity index (χ4v) is 3.43. The van der Waals surface area contributed by atoms with E-state index < -0.39 is 27.8 Å². The van der Waals surface area contributed by atoms with Gasteiger partial charge in [-0.05, 0) is 24.5 Å². The van der Waals surface area contributed by atoms with E-state index in [4.69, 9.17) is 9.63 Å². The van der Waals surface area contributed by atoms with Gasteiger partial charge in [0.25, 0.3) is 0 Å². The Morgan fingerprint density at radius 1 is 1.36 bits per heavy atom. The molecule has 22 heavy (non-hydrogen) atoms. The van der Waals surface area contributed by atoms with Gasteiger partial charge in [-0.3, -0.25) is 4.79 Å². The number of benzene rings is 1. The first kappa shape index (κ1) is 16.4. The summed E-state index contributed by atoms with van der Waals surface area (Å²) in [5.41, 5.74) is 0.751. The van der Waals surface area contributed by atoms with Crippen molar-refractivity contribution in [1.82, 2.24) is 9.88 Å². The van der Waals surface area contributed by atoms with Crippen LogP contribution in [0.2, 0.25) is 0 Å². The predicted molar refractivity (Wildman–Crippen MR) is 80.6 cm³/mol. The number of para-hydroxylation sites is 1.